The van der Waals surface area contributed by atoms with Crippen molar-refractivity contribution in [1.29, 1.82) is 0 Å². The number of amides is 1. The second-order valence-corrected chi connectivity index (χ2v) is 12.4. The molecule has 0 atom stereocenters. The smallest absolute Gasteiger partial charge is 0.264 e. The largest absolute Gasteiger partial charge is 0.378 e. The lowest BCUT2D eigenvalue weighted by Crippen LogP contribution is -2.42. The molecule has 0 saturated heterocycles. The Morgan fingerprint density at radius 2 is 1.69 bits per heavy atom. The molecule has 1 amide bonds. The van der Waals surface area contributed by atoms with Crippen molar-refractivity contribution in [1.82, 2.24) is 9.88 Å². The first-order chi connectivity index (χ1) is 16.4. The monoisotopic (exact) mass is 514 g/mol. The van der Waals surface area contributed by atoms with E-state index in [4.69, 9.17) is 0 Å². The molecule has 3 rings (SSSR count). The normalized spacial score (nSPS) is 11.8. The van der Waals surface area contributed by atoms with Gasteiger partial charge in [-0.15, -0.1) is 11.3 Å². The third-order valence-electron chi connectivity index (χ3n) is 5.77. The number of anilines is 2. The number of rotatable bonds is 9. The maximum absolute atomic E-state index is 13.9. The van der Waals surface area contributed by atoms with E-state index in [1.807, 2.05) is 49.5 Å². The van der Waals surface area contributed by atoms with E-state index in [9.17, 15) is 13.2 Å². The summed E-state index contributed by atoms with van der Waals surface area (Å²) in [6.07, 6.45) is 1.70. The number of thiazole rings is 1. The Morgan fingerprint density at radius 3 is 2.23 bits per heavy atom. The summed E-state index contributed by atoms with van der Waals surface area (Å²) in [5.74, 6) is -0.284. The molecule has 7 nitrogen and oxygen atoms in total. The van der Waals surface area contributed by atoms with Gasteiger partial charge in [-0.25, -0.2) is 13.4 Å². The summed E-state index contributed by atoms with van der Waals surface area (Å²) in [7, 11) is -0.223. The van der Waals surface area contributed by atoms with Gasteiger partial charge in [-0.2, -0.15) is 0 Å². The summed E-state index contributed by atoms with van der Waals surface area (Å²) in [6.45, 7) is 8.60. The molecule has 3 aromatic rings. The Hall–Kier alpha value is -2.91. The van der Waals surface area contributed by atoms with Gasteiger partial charge in [-0.1, -0.05) is 39.0 Å². The Labute approximate surface area is 213 Å². The fourth-order valence-corrected chi connectivity index (χ4v) is 5.63. The van der Waals surface area contributed by atoms with E-state index in [-0.39, 0.29) is 22.8 Å². The lowest BCUT2D eigenvalue weighted by atomic mass is 9.87. The number of carbonyl (C=O) groups excluding carboxylic acids is 1. The molecule has 0 saturated carbocycles. The van der Waals surface area contributed by atoms with Crippen LogP contribution in [0.25, 0.3) is 0 Å². The molecule has 0 bridgehead atoms. The number of benzene rings is 2. The summed E-state index contributed by atoms with van der Waals surface area (Å²) >= 11 is 1.47. The first-order valence-electron chi connectivity index (χ1n) is 11.5. The van der Waals surface area contributed by atoms with Crippen molar-refractivity contribution < 1.29 is 13.2 Å². The fourth-order valence-electron chi connectivity index (χ4n) is 3.59. The van der Waals surface area contributed by atoms with Crippen molar-refractivity contribution in [2.75, 3.05) is 36.4 Å². The molecule has 0 radical (unpaired) electrons. The van der Waals surface area contributed by atoms with Gasteiger partial charge in [0, 0.05) is 37.9 Å². The zero-order chi connectivity index (χ0) is 25.8. The highest BCUT2D eigenvalue weighted by Crippen LogP contribution is 2.29. The summed E-state index contributed by atoms with van der Waals surface area (Å²) in [6, 6.07) is 14.1. The molecule has 0 N–H and O–H groups in total. The number of hydrogen-bond donors (Lipinski definition) is 0. The van der Waals surface area contributed by atoms with Gasteiger partial charge in [0.15, 0.2) is 0 Å². The number of nitrogens with zero attached hydrogens (tertiary/aromatic N) is 4. The molecule has 2 aromatic carbocycles. The Balaban J connectivity index is 2.00. The van der Waals surface area contributed by atoms with Crippen molar-refractivity contribution in [3.63, 3.8) is 0 Å². The first kappa shape index (κ1) is 26.7. The summed E-state index contributed by atoms with van der Waals surface area (Å²) in [5.41, 5.74) is 2.22. The van der Waals surface area contributed by atoms with E-state index in [2.05, 4.69) is 25.8 Å². The van der Waals surface area contributed by atoms with Gasteiger partial charge in [-0.3, -0.25) is 9.10 Å². The van der Waals surface area contributed by atoms with E-state index < -0.39 is 10.0 Å². The second-order valence-electron chi connectivity index (χ2n) is 9.53. The molecule has 0 aliphatic carbocycles. The van der Waals surface area contributed by atoms with Crippen LogP contribution in [-0.2, 0) is 26.8 Å². The molecule has 0 aliphatic heterocycles. The molecule has 0 aliphatic rings. The molecular weight excluding hydrogens is 480 g/mol. The average molecular weight is 515 g/mol. The van der Waals surface area contributed by atoms with Crippen LogP contribution in [0.5, 0.6) is 0 Å². The van der Waals surface area contributed by atoms with Crippen molar-refractivity contribution in [3.05, 3.63) is 70.7 Å². The standard InChI is InChI=1S/C26H34N4O3S2/c1-7-29(18-24-27-15-16-34-24)25(31)19-30(22-10-8-9-21(17-22)28(5)6)35(32,33)23-13-11-20(12-14-23)26(2,3)4/h8-17H,7,18-19H2,1-6H3. The van der Waals surface area contributed by atoms with Gasteiger partial charge in [0.25, 0.3) is 10.0 Å². The first-order valence-corrected chi connectivity index (χ1v) is 13.8. The number of sulfonamides is 1. The topological polar surface area (TPSA) is 73.8 Å². The lowest BCUT2D eigenvalue weighted by Gasteiger charge is -2.28. The van der Waals surface area contributed by atoms with Crippen LogP contribution in [0.3, 0.4) is 0 Å². The van der Waals surface area contributed by atoms with Crippen molar-refractivity contribution in [2.24, 2.45) is 0 Å². The van der Waals surface area contributed by atoms with Crippen LogP contribution in [0.1, 0.15) is 38.3 Å². The number of carbonyl (C=O) groups is 1. The highest BCUT2D eigenvalue weighted by atomic mass is 32.2. The highest BCUT2D eigenvalue weighted by molar-refractivity contribution is 7.92. The van der Waals surface area contributed by atoms with Crippen LogP contribution in [0.4, 0.5) is 11.4 Å². The third kappa shape index (κ3) is 6.41. The lowest BCUT2D eigenvalue weighted by molar-refractivity contribution is -0.129. The van der Waals surface area contributed by atoms with Crippen LogP contribution >= 0.6 is 11.3 Å². The summed E-state index contributed by atoms with van der Waals surface area (Å²) in [4.78, 5) is 21.3. The van der Waals surface area contributed by atoms with Gasteiger partial charge in [0.1, 0.15) is 11.6 Å². The summed E-state index contributed by atoms with van der Waals surface area (Å²) in [5, 5.41) is 2.67. The number of aromatic nitrogens is 1. The van der Waals surface area contributed by atoms with Crippen molar-refractivity contribution >= 4 is 38.6 Å². The second kappa shape index (κ2) is 10.8. The molecule has 35 heavy (non-hydrogen) atoms. The van der Waals surface area contributed by atoms with E-state index in [0.717, 1.165) is 16.3 Å². The molecule has 0 unspecified atom stereocenters. The SMILES string of the molecule is CCN(Cc1nccs1)C(=O)CN(c1cccc(N(C)C)c1)S(=O)(=O)c1ccc(C(C)(C)C)cc1. The van der Waals surface area contributed by atoms with Crippen LogP contribution in [0.15, 0.2) is 65.0 Å². The zero-order valence-corrected chi connectivity index (χ0v) is 22.9. The van der Waals surface area contributed by atoms with Gasteiger partial charge in [0.05, 0.1) is 17.1 Å². The quantitative estimate of drug-likeness (QED) is 0.412. The van der Waals surface area contributed by atoms with Gasteiger partial charge in [-0.05, 0) is 48.2 Å². The molecule has 9 heteroatoms. The Kier molecular flexibility index (Phi) is 8.22. The number of likely N-dealkylation sites (N-methyl/N-ethyl adjacent to an activating group) is 1. The Bertz CT molecular complexity index is 1230. The van der Waals surface area contributed by atoms with Crippen molar-refractivity contribution in [3.8, 4) is 0 Å². The maximum Gasteiger partial charge on any atom is 0.264 e. The van der Waals surface area contributed by atoms with Crippen molar-refractivity contribution in [2.45, 2.75) is 44.6 Å². The fraction of sp³-hybridized carbons (Fsp3) is 0.385. The zero-order valence-electron chi connectivity index (χ0n) is 21.2. The molecular formula is C26H34N4O3S2. The highest BCUT2D eigenvalue weighted by Gasteiger charge is 2.29. The van der Waals surface area contributed by atoms with E-state index in [1.165, 1.54) is 15.6 Å². The minimum Gasteiger partial charge on any atom is -0.378 e. The van der Waals surface area contributed by atoms with E-state index in [1.54, 1.807) is 41.4 Å². The van der Waals surface area contributed by atoms with E-state index >= 15 is 0 Å². The average Bonchev–Trinajstić information content (AvgIpc) is 3.33. The molecule has 1 aromatic heterocycles. The third-order valence-corrected chi connectivity index (χ3v) is 8.32. The van der Waals surface area contributed by atoms with Crippen LogP contribution in [0.2, 0.25) is 0 Å². The van der Waals surface area contributed by atoms with E-state index in [0.29, 0.717) is 18.8 Å². The predicted octanol–water partition coefficient (Wildman–Crippen LogP) is 4.75. The minimum atomic E-state index is -4.00. The van der Waals surface area contributed by atoms with Crippen LogP contribution < -0.4 is 9.21 Å². The molecule has 188 valence electrons. The van der Waals surface area contributed by atoms with Gasteiger partial charge in [0.2, 0.25) is 5.91 Å². The number of hydrogen-bond acceptors (Lipinski definition) is 6. The Morgan fingerprint density at radius 1 is 1.03 bits per heavy atom. The van der Waals surface area contributed by atoms with Crippen LogP contribution in [-0.4, -0.2) is 51.4 Å². The maximum atomic E-state index is 13.9. The van der Waals surface area contributed by atoms with Crippen LogP contribution in [0, 0.1) is 0 Å². The van der Waals surface area contributed by atoms with Gasteiger partial charge < -0.3 is 9.80 Å². The molecule has 0 spiro atoms. The molecule has 1 heterocycles. The molecule has 0 fully saturated rings. The summed E-state index contributed by atoms with van der Waals surface area (Å²) < 4.78 is 28.9. The predicted molar refractivity (Wildman–Crippen MR) is 144 cm³/mol. The minimum absolute atomic E-state index is 0.102. The van der Waals surface area contributed by atoms with Gasteiger partial charge >= 0.3 is 0 Å².